The van der Waals surface area contributed by atoms with Crippen LogP contribution in [0.3, 0.4) is 0 Å². The molecule has 0 saturated heterocycles. The third-order valence-corrected chi connectivity index (χ3v) is 9.05. The summed E-state index contributed by atoms with van der Waals surface area (Å²) in [6.07, 6.45) is 40.9. The Morgan fingerprint density at radius 1 is 0.439 bits per heavy atom. The zero-order chi connectivity index (χ0) is 29.4. The molecule has 0 saturated carbocycles. The molecule has 0 fully saturated rings. The summed E-state index contributed by atoms with van der Waals surface area (Å²) in [5.41, 5.74) is 0. The van der Waals surface area contributed by atoms with Gasteiger partial charge in [-0.2, -0.15) is 0 Å². The first-order valence-electron chi connectivity index (χ1n) is 18.1. The monoisotopic (exact) mass is 610 g/mol. The smallest absolute Gasteiger partial charge is 0.726 e. The molecule has 4 nitrogen and oxygen atoms in total. The Labute approximate surface area is 281 Å². The van der Waals surface area contributed by atoms with E-state index < -0.39 is 10.4 Å². The van der Waals surface area contributed by atoms with Crippen LogP contribution in [0.1, 0.15) is 213 Å². The van der Waals surface area contributed by atoms with Crippen molar-refractivity contribution >= 4 is 10.4 Å². The minimum atomic E-state index is -4.59. The normalized spacial score (nSPS) is 12.5. The average Bonchev–Trinajstić information content (AvgIpc) is 2.93. The summed E-state index contributed by atoms with van der Waals surface area (Å²) >= 11 is 0. The van der Waals surface area contributed by atoms with E-state index in [4.69, 9.17) is 0 Å². The van der Waals surface area contributed by atoms with E-state index >= 15 is 0 Å². The van der Waals surface area contributed by atoms with Gasteiger partial charge in [0.15, 0.2) is 0 Å². The van der Waals surface area contributed by atoms with E-state index in [-0.39, 0.29) is 42.1 Å². The van der Waals surface area contributed by atoms with E-state index in [1.54, 1.807) is 0 Å². The third kappa shape index (κ3) is 38.8. The Balaban J connectivity index is 0. The van der Waals surface area contributed by atoms with E-state index in [0.717, 1.165) is 25.7 Å². The Kier molecular flexibility index (Phi) is 37.9. The van der Waals surface area contributed by atoms with Gasteiger partial charge < -0.3 is 4.55 Å². The molecule has 242 valence electrons. The second-order valence-corrected chi connectivity index (χ2v) is 13.7. The summed E-state index contributed by atoms with van der Waals surface area (Å²) in [6.45, 7) is 4.62. The molecule has 0 N–H and O–H groups in total. The van der Waals surface area contributed by atoms with Gasteiger partial charge in [0.25, 0.3) is 0 Å². The van der Waals surface area contributed by atoms with Gasteiger partial charge in [0, 0.05) is 0 Å². The molecule has 0 aliphatic carbocycles. The van der Waals surface area contributed by atoms with Crippen LogP contribution < -0.4 is 29.6 Å². The van der Waals surface area contributed by atoms with Gasteiger partial charge in [0.2, 0.25) is 10.4 Å². The molecule has 0 aliphatic heterocycles. The van der Waals surface area contributed by atoms with Gasteiger partial charge >= 0.3 is 29.6 Å². The molecule has 0 rings (SSSR count). The second kappa shape index (κ2) is 35.4. The summed E-state index contributed by atoms with van der Waals surface area (Å²) in [7, 11) is -4.59. The topological polar surface area (TPSA) is 66.4 Å². The molecule has 0 bridgehead atoms. The van der Waals surface area contributed by atoms with Gasteiger partial charge in [-0.1, -0.05) is 200 Å². The molecular formula is C35H71NaO4S. The van der Waals surface area contributed by atoms with Crippen LogP contribution in [0.5, 0.6) is 0 Å². The summed E-state index contributed by atoms with van der Waals surface area (Å²) in [4.78, 5) is 0. The fourth-order valence-electron chi connectivity index (χ4n) is 5.92. The number of hydrogen-bond acceptors (Lipinski definition) is 4. The van der Waals surface area contributed by atoms with Crippen LogP contribution in [-0.2, 0) is 14.6 Å². The van der Waals surface area contributed by atoms with Crippen molar-refractivity contribution in [2.24, 2.45) is 5.92 Å². The zero-order valence-corrected chi connectivity index (χ0v) is 31.1. The largest absolute Gasteiger partial charge is 1.00 e. The van der Waals surface area contributed by atoms with E-state index in [2.05, 4.69) is 18.0 Å². The minimum absolute atomic E-state index is 0. The van der Waals surface area contributed by atoms with Crippen molar-refractivity contribution in [3.05, 3.63) is 0 Å². The first-order chi connectivity index (χ1) is 19.5. The fourth-order valence-corrected chi connectivity index (χ4v) is 6.28. The molecule has 0 aromatic carbocycles. The number of hydrogen-bond donors (Lipinski definition) is 0. The van der Waals surface area contributed by atoms with Crippen LogP contribution in [-0.4, -0.2) is 19.6 Å². The van der Waals surface area contributed by atoms with Gasteiger partial charge in [0.1, 0.15) is 0 Å². The van der Waals surface area contributed by atoms with Crippen LogP contribution in [0, 0.1) is 5.92 Å². The van der Waals surface area contributed by atoms with Crippen molar-refractivity contribution in [3.8, 4) is 0 Å². The standard InChI is InChI=1S/C35H72O4S.Na/c1-3-5-7-9-11-13-15-17-19-21-23-25-27-29-31-33-35(34-39-40(36,37)38)32-30-28-26-24-22-20-18-16-14-12-10-8-6-4-2;/h35H,3-34H2,1-2H3,(H,36,37,38);/q;+1/p-1. The Morgan fingerprint density at radius 2 is 0.659 bits per heavy atom. The quantitative estimate of drug-likeness (QED) is 0.0315. The van der Waals surface area contributed by atoms with E-state index in [9.17, 15) is 13.0 Å². The maximum atomic E-state index is 11.0. The van der Waals surface area contributed by atoms with E-state index in [1.807, 2.05) is 0 Å². The molecule has 0 aromatic heterocycles. The number of unbranched alkanes of at least 4 members (excludes halogenated alkanes) is 27. The van der Waals surface area contributed by atoms with Crippen molar-refractivity contribution < 1.29 is 46.7 Å². The molecule has 1 unspecified atom stereocenters. The Bertz CT molecular complexity index is 585. The molecule has 6 heteroatoms. The minimum Gasteiger partial charge on any atom is -0.726 e. The van der Waals surface area contributed by atoms with Crippen molar-refractivity contribution in [1.29, 1.82) is 0 Å². The average molecular weight is 611 g/mol. The molecule has 41 heavy (non-hydrogen) atoms. The summed E-state index contributed by atoms with van der Waals surface area (Å²) in [6, 6.07) is 0. The van der Waals surface area contributed by atoms with E-state index in [1.165, 1.54) is 173 Å². The van der Waals surface area contributed by atoms with Crippen LogP contribution >= 0.6 is 0 Å². The summed E-state index contributed by atoms with van der Waals surface area (Å²) in [5, 5.41) is 0. The Morgan fingerprint density at radius 3 is 0.878 bits per heavy atom. The summed E-state index contributed by atoms with van der Waals surface area (Å²) in [5.74, 6) is 0.197. The fraction of sp³-hybridized carbons (Fsp3) is 1.00. The van der Waals surface area contributed by atoms with Gasteiger partial charge in [-0.15, -0.1) is 0 Å². The SMILES string of the molecule is CCCCCCCCCCCCCCCCCC(CCCCCCCCCCCCCCCC)COS(=O)(=O)[O-].[Na+]. The Hall–Kier alpha value is 0.870. The molecule has 0 amide bonds. The molecule has 0 heterocycles. The van der Waals surface area contributed by atoms with E-state index in [0.29, 0.717) is 0 Å². The molecule has 1 atom stereocenters. The van der Waals surface area contributed by atoms with Crippen LogP contribution in [0.15, 0.2) is 0 Å². The maximum Gasteiger partial charge on any atom is 1.00 e. The second-order valence-electron chi connectivity index (χ2n) is 12.7. The van der Waals surface area contributed by atoms with Gasteiger partial charge in [-0.25, -0.2) is 8.42 Å². The van der Waals surface area contributed by atoms with Gasteiger partial charge in [-0.3, -0.25) is 4.18 Å². The van der Waals surface area contributed by atoms with Crippen LogP contribution in [0.25, 0.3) is 0 Å². The number of rotatable bonds is 34. The molecule has 0 aromatic rings. The van der Waals surface area contributed by atoms with Gasteiger partial charge in [0.05, 0.1) is 6.61 Å². The van der Waals surface area contributed by atoms with Crippen LogP contribution in [0.2, 0.25) is 0 Å². The first kappa shape index (κ1) is 44.0. The predicted molar refractivity (Wildman–Crippen MR) is 174 cm³/mol. The van der Waals surface area contributed by atoms with Crippen LogP contribution in [0.4, 0.5) is 0 Å². The van der Waals surface area contributed by atoms with Crippen molar-refractivity contribution in [2.75, 3.05) is 6.61 Å². The predicted octanol–water partition coefficient (Wildman–Crippen LogP) is 9.22. The molecule has 0 aliphatic rings. The molecule has 0 spiro atoms. The third-order valence-electron chi connectivity index (χ3n) is 8.63. The summed E-state index contributed by atoms with van der Waals surface area (Å²) < 4.78 is 37.6. The van der Waals surface area contributed by atoms with Crippen molar-refractivity contribution in [2.45, 2.75) is 213 Å². The zero-order valence-electron chi connectivity index (χ0n) is 28.2. The van der Waals surface area contributed by atoms with Crippen molar-refractivity contribution in [1.82, 2.24) is 0 Å². The first-order valence-corrected chi connectivity index (χ1v) is 19.4. The van der Waals surface area contributed by atoms with Crippen molar-refractivity contribution in [3.63, 3.8) is 0 Å². The van der Waals surface area contributed by atoms with Gasteiger partial charge in [-0.05, 0) is 18.8 Å². The molecular weight excluding hydrogens is 539 g/mol. The molecule has 0 radical (unpaired) electrons. The maximum absolute atomic E-state index is 11.0.